The van der Waals surface area contributed by atoms with Crippen molar-refractivity contribution in [2.75, 3.05) is 13.2 Å². The second kappa shape index (κ2) is 5.35. The Bertz CT molecular complexity index is 337. The van der Waals surface area contributed by atoms with Crippen molar-refractivity contribution in [1.82, 2.24) is 5.32 Å². The summed E-state index contributed by atoms with van der Waals surface area (Å²) >= 11 is 0. The first-order valence-electron chi connectivity index (χ1n) is 6.25. The molecule has 1 fully saturated rings. The van der Waals surface area contributed by atoms with Gasteiger partial charge in [0, 0.05) is 6.04 Å². The van der Waals surface area contributed by atoms with Crippen molar-refractivity contribution >= 4 is 0 Å². The van der Waals surface area contributed by atoms with Crippen LogP contribution in [0.3, 0.4) is 0 Å². The van der Waals surface area contributed by atoms with E-state index in [2.05, 4.69) is 30.4 Å². The molecule has 1 aliphatic rings. The van der Waals surface area contributed by atoms with Crippen LogP contribution in [0.5, 0.6) is 5.75 Å². The fraction of sp³-hybridized carbons (Fsp3) is 0.571. The summed E-state index contributed by atoms with van der Waals surface area (Å²) < 4.78 is 5.55. The van der Waals surface area contributed by atoms with E-state index >= 15 is 0 Å². The van der Waals surface area contributed by atoms with Gasteiger partial charge in [-0.3, -0.25) is 0 Å². The minimum atomic E-state index is 0.634. The molecule has 1 aliphatic heterocycles. The van der Waals surface area contributed by atoms with Crippen LogP contribution in [0.2, 0.25) is 0 Å². The molecule has 2 unspecified atom stereocenters. The molecule has 88 valence electrons. The van der Waals surface area contributed by atoms with Crippen molar-refractivity contribution in [3.63, 3.8) is 0 Å². The van der Waals surface area contributed by atoms with Gasteiger partial charge in [-0.05, 0) is 56.8 Å². The molecule has 2 heteroatoms. The number of hydrogen-bond donors (Lipinski definition) is 1. The Balaban J connectivity index is 2.09. The summed E-state index contributed by atoms with van der Waals surface area (Å²) in [5.41, 5.74) is 1.43. The smallest absolute Gasteiger partial charge is 0.119 e. The summed E-state index contributed by atoms with van der Waals surface area (Å²) in [6.07, 6.45) is 2.47. The van der Waals surface area contributed by atoms with Gasteiger partial charge in [0.1, 0.15) is 5.75 Å². The molecule has 16 heavy (non-hydrogen) atoms. The molecule has 0 radical (unpaired) electrons. The van der Waals surface area contributed by atoms with E-state index in [1.165, 1.54) is 18.4 Å². The molecule has 1 aromatic rings. The summed E-state index contributed by atoms with van der Waals surface area (Å²) in [5.74, 6) is 1.70. The van der Waals surface area contributed by atoms with Gasteiger partial charge >= 0.3 is 0 Å². The Morgan fingerprint density at radius 3 is 3.06 bits per heavy atom. The van der Waals surface area contributed by atoms with E-state index in [-0.39, 0.29) is 0 Å². The van der Waals surface area contributed by atoms with Crippen LogP contribution < -0.4 is 10.1 Å². The lowest BCUT2D eigenvalue weighted by Crippen LogP contribution is -2.34. The highest BCUT2D eigenvalue weighted by atomic mass is 16.5. The first kappa shape index (κ1) is 11.5. The largest absolute Gasteiger partial charge is 0.494 e. The van der Waals surface area contributed by atoms with Crippen LogP contribution in [-0.2, 0) is 0 Å². The van der Waals surface area contributed by atoms with E-state index in [0.717, 1.165) is 18.9 Å². The zero-order valence-corrected chi connectivity index (χ0v) is 10.2. The third-order valence-corrected chi connectivity index (χ3v) is 3.26. The maximum Gasteiger partial charge on any atom is 0.119 e. The van der Waals surface area contributed by atoms with Crippen molar-refractivity contribution in [3.05, 3.63) is 29.8 Å². The quantitative estimate of drug-likeness (QED) is 0.844. The summed E-state index contributed by atoms with van der Waals surface area (Å²) in [4.78, 5) is 0. The summed E-state index contributed by atoms with van der Waals surface area (Å²) in [7, 11) is 0. The van der Waals surface area contributed by atoms with Gasteiger partial charge in [-0.25, -0.2) is 0 Å². The zero-order chi connectivity index (χ0) is 11.4. The van der Waals surface area contributed by atoms with Crippen molar-refractivity contribution in [2.24, 2.45) is 0 Å². The Morgan fingerprint density at radius 2 is 2.31 bits per heavy atom. The summed E-state index contributed by atoms with van der Waals surface area (Å²) in [6, 6.07) is 9.21. The van der Waals surface area contributed by atoms with E-state index in [0.29, 0.717) is 12.0 Å². The molecular formula is C14H21NO. The molecule has 1 heterocycles. The molecule has 0 bridgehead atoms. The maximum absolute atomic E-state index is 5.55. The highest BCUT2D eigenvalue weighted by Crippen LogP contribution is 2.29. The normalized spacial score (nSPS) is 25.4. The highest BCUT2D eigenvalue weighted by molar-refractivity contribution is 5.31. The molecule has 0 saturated carbocycles. The lowest BCUT2D eigenvalue weighted by molar-refractivity contribution is 0.338. The van der Waals surface area contributed by atoms with E-state index in [4.69, 9.17) is 4.74 Å². The van der Waals surface area contributed by atoms with Crippen LogP contribution in [0.15, 0.2) is 24.3 Å². The number of benzene rings is 1. The van der Waals surface area contributed by atoms with Crippen LogP contribution in [0.25, 0.3) is 0 Å². The molecule has 1 saturated heterocycles. The zero-order valence-electron chi connectivity index (χ0n) is 10.2. The van der Waals surface area contributed by atoms with Crippen molar-refractivity contribution < 1.29 is 4.74 Å². The first-order valence-corrected chi connectivity index (χ1v) is 6.25. The van der Waals surface area contributed by atoms with Crippen LogP contribution in [-0.4, -0.2) is 19.2 Å². The van der Waals surface area contributed by atoms with Crippen molar-refractivity contribution in [2.45, 2.75) is 38.6 Å². The summed E-state index contributed by atoms with van der Waals surface area (Å²) in [5, 5.41) is 3.49. The summed E-state index contributed by atoms with van der Waals surface area (Å²) in [6.45, 7) is 6.16. The van der Waals surface area contributed by atoms with Crippen LogP contribution >= 0.6 is 0 Å². The maximum atomic E-state index is 5.55. The second-order valence-corrected chi connectivity index (χ2v) is 4.58. The third-order valence-electron chi connectivity index (χ3n) is 3.26. The Morgan fingerprint density at radius 1 is 1.44 bits per heavy atom. The van der Waals surface area contributed by atoms with Gasteiger partial charge in [0.25, 0.3) is 0 Å². The van der Waals surface area contributed by atoms with E-state index in [1.54, 1.807) is 0 Å². The van der Waals surface area contributed by atoms with E-state index in [1.807, 2.05) is 13.0 Å². The van der Waals surface area contributed by atoms with Crippen LogP contribution in [0, 0.1) is 0 Å². The highest BCUT2D eigenvalue weighted by Gasteiger charge is 2.19. The van der Waals surface area contributed by atoms with E-state index < -0.39 is 0 Å². The fourth-order valence-electron chi connectivity index (χ4n) is 2.46. The molecule has 2 atom stereocenters. The van der Waals surface area contributed by atoms with Crippen LogP contribution in [0.4, 0.5) is 0 Å². The predicted octanol–water partition coefficient (Wildman–Crippen LogP) is 2.94. The fourth-order valence-corrected chi connectivity index (χ4v) is 2.46. The van der Waals surface area contributed by atoms with Gasteiger partial charge in [-0.2, -0.15) is 0 Å². The van der Waals surface area contributed by atoms with Gasteiger partial charge in [-0.15, -0.1) is 0 Å². The van der Waals surface area contributed by atoms with Gasteiger partial charge in [0.05, 0.1) is 6.61 Å². The van der Waals surface area contributed by atoms with Gasteiger partial charge < -0.3 is 10.1 Å². The Kier molecular flexibility index (Phi) is 3.83. The minimum absolute atomic E-state index is 0.634. The molecule has 2 nitrogen and oxygen atoms in total. The van der Waals surface area contributed by atoms with Crippen molar-refractivity contribution in [3.8, 4) is 5.75 Å². The topological polar surface area (TPSA) is 21.3 Å². The molecular weight excluding hydrogens is 198 g/mol. The molecule has 1 N–H and O–H groups in total. The Hall–Kier alpha value is -1.02. The predicted molar refractivity (Wildman–Crippen MR) is 67.1 cm³/mol. The molecule has 0 spiro atoms. The Labute approximate surface area is 98.0 Å². The number of rotatable bonds is 3. The molecule has 0 amide bonds. The molecule has 0 aliphatic carbocycles. The second-order valence-electron chi connectivity index (χ2n) is 4.58. The average Bonchev–Trinajstić information content (AvgIpc) is 2.30. The number of hydrogen-bond acceptors (Lipinski definition) is 2. The molecule has 2 rings (SSSR count). The number of nitrogens with one attached hydrogen (secondary N) is 1. The standard InChI is InChI=1S/C14H21NO/c1-3-16-14-6-4-5-12(10-14)13-7-8-15-11(2)9-13/h4-6,10-11,13,15H,3,7-9H2,1-2H3. The lowest BCUT2D eigenvalue weighted by Gasteiger charge is -2.28. The lowest BCUT2D eigenvalue weighted by atomic mass is 9.87. The van der Waals surface area contributed by atoms with Gasteiger partial charge in [0.2, 0.25) is 0 Å². The monoisotopic (exact) mass is 219 g/mol. The van der Waals surface area contributed by atoms with Crippen molar-refractivity contribution in [1.29, 1.82) is 0 Å². The van der Waals surface area contributed by atoms with Gasteiger partial charge in [-0.1, -0.05) is 12.1 Å². The molecule has 1 aromatic carbocycles. The van der Waals surface area contributed by atoms with Gasteiger partial charge in [0.15, 0.2) is 0 Å². The molecule has 0 aromatic heterocycles. The SMILES string of the molecule is CCOc1cccc(C2CCNC(C)C2)c1. The number of ether oxygens (including phenoxy) is 1. The third kappa shape index (κ3) is 2.76. The van der Waals surface area contributed by atoms with Crippen LogP contribution in [0.1, 0.15) is 38.2 Å². The minimum Gasteiger partial charge on any atom is -0.494 e. The number of piperidine rings is 1. The van der Waals surface area contributed by atoms with E-state index in [9.17, 15) is 0 Å². The average molecular weight is 219 g/mol. The first-order chi connectivity index (χ1) is 7.79.